The fourth-order valence-corrected chi connectivity index (χ4v) is 2.88. The van der Waals surface area contributed by atoms with Crippen molar-refractivity contribution < 1.29 is 13.2 Å². The van der Waals surface area contributed by atoms with Crippen LogP contribution in [0.15, 0.2) is 28.6 Å². The number of nitrogens with zero attached hydrogens (tertiary/aromatic N) is 2. The molecule has 10 heteroatoms. The van der Waals surface area contributed by atoms with Crippen LogP contribution < -0.4 is 5.32 Å². The fourth-order valence-electron chi connectivity index (χ4n) is 1.13. The van der Waals surface area contributed by atoms with Gasteiger partial charge in [-0.05, 0) is 24.3 Å². The third-order valence-corrected chi connectivity index (χ3v) is 4.95. The highest BCUT2D eigenvalue weighted by atomic mass is 35.7. The van der Waals surface area contributed by atoms with Crippen molar-refractivity contribution in [2.75, 3.05) is 5.32 Å². The Labute approximate surface area is 121 Å². The normalized spacial score (nSPS) is 11.3. The number of carbonyl (C=O) groups excluding carboxylic acids is 1. The third-order valence-electron chi connectivity index (χ3n) is 1.94. The molecular formula is C9H5Cl2N3O3S2. The quantitative estimate of drug-likeness (QED) is 0.686. The Morgan fingerprint density at radius 3 is 2.37 bits per heavy atom. The Hall–Kier alpha value is -1.22. The Kier molecular flexibility index (Phi) is 4.04. The molecule has 0 spiro atoms. The number of carbonyl (C=O) groups is 1. The summed E-state index contributed by atoms with van der Waals surface area (Å²) in [7, 11) is 1.16. The predicted octanol–water partition coefficient (Wildman–Crippen LogP) is 2.37. The van der Waals surface area contributed by atoms with Gasteiger partial charge in [-0.1, -0.05) is 22.9 Å². The SMILES string of the molecule is O=C(Nc1nnc(S(=O)(=O)Cl)s1)c1ccc(Cl)cc1. The molecule has 0 fully saturated rings. The highest BCUT2D eigenvalue weighted by Crippen LogP contribution is 2.23. The van der Waals surface area contributed by atoms with Gasteiger partial charge in [0.25, 0.3) is 15.0 Å². The molecule has 0 radical (unpaired) electrons. The second-order valence-electron chi connectivity index (χ2n) is 3.27. The van der Waals surface area contributed by atoms with Crippen LogP contribution in [0.4, 0.5) is 5.13 Å². The molecule has 1 heterocycles. The lowest BCUT2D eigenvalue weighted by atomic mass is 10.2. The molecule has 0 aliphatic rings. The van der Waals surface area contributed by atoms with Crippen molar-refractivity contribution >= 4 is 53.7 Å². The molecule has 2 rings (SSSR count). The first-order chi connectivity index (χ1) is 8.86. The van der Waals surface area contributed by atoms with E-state index in [1.807, 2.05) is 0 Å². The van der Waals surface area contributed by atoms with Gasteiger partial charge in [0.15, 0.2) is 0 Å². The maximum atomic E-state index is 11.8. The van der Waals surface area contributed by atoms with E-state index in [0.29, 0.717) is 21.9 Å². The number of aromatic nitrogens is 2. The van der Waals surface area contributed by atoms with Crippen LogP contribution in [-0.4, -0.2) is 24.5 Å². The molecule has 6 nitrogen and oxygen atoms in total. The van der Waals surface area contributed by atoms with Gasteiger partial charge in [0.2, 0.25) is 9.47 Å². The van der Waals surface area contributed by atoms with Crippen molar-refractivity contribution in [1.29, 1.82) is 0 Å². The second kappa shape index (κ2) is 5.41. The van der Waals surface area contributed by atoms with E-state index in [0.717, 1.165) is 0 Å². The molecule has 1 aromatic carbocycles. The minimum absolute atomic E-state index is 0.0409. The zero-order valence-electron chi connectivity index (χ0n) is 9.00. The van der Waals surface area contributed by atoms with Crippen LogP contribution in [0.5, 0.6) is 0 Å². The molecule has 0 bridgehead atoms. The van der Waals surface area contributed by atoms with E-state index in [2.05, 4.69) is 15.5 Å². The lowest BCUT2D eigenvalue weighted by Crippen LogP contribution is -2.11. The lowest BCUT2D eigenvalue weighted by Gasteiger charge is -2.00. The lowest BCUT2D eigenvalue weighted by molar-refractivity contribution is 0.102. The Morgan fingerprint density at radius 1 is 1.21 bits per heavy atom. The van der Waals surface area contributed by atoms with Crippen molar-refractivity contribution in [2.24, 2.45) is 0 Å². The molecule has 1 aromatic heterocycles. The van der Waals surface area contributed by atoms with E-state index in [-0.39, 0.29) is 9.47 Å². The summed E-state index contributed by atoms with van der Waals surface area (Å²) in [5, 5.41) is 9.83. The largest absolute Gasteiger partial charge is 0.296 e. The van der Waals surface area contributed by atoms with Crippen molar-refractivity contribution in [2.45, 2.75) is 4.34 Å². The predicted molar refractivity (Wildman–Crippen MR) is 72.4 cm³/mol. The maximum Gasteiger partial charge on any atom is 0.290 e. The maximum absolute atomic E-state index is 11.8. The highest BCUT2D eigenvalue weighted by molar-refractivity contribution is 8.15. The van der Waals surface area contributed by atoms with Crippen LogP contribution in [0.1, 0.15) is 10.4 Å². The number of hydrogen-bond donors (Lipinski definition) is 1. The van der Waals surface area contributed by atoms with Crippen LogP contribution in [0, 0.1) is 0 Å². The number of nitrogens with one attached hydrogen (secondary N) is 1. The van der Waals surface area contributed by atoms with Gasteiger partial charge in [-0.25, -0.2) is 8.42 Å². The van der Waals surface area contributed by atoms with Crippen LogP contribution >= 0.6 is 33.6 Å². The van der Waals surface area contributed by atoms with Gasteiger partial charge in [0, 0.05) is 21.3 Å². The molecule has 1 amide bonds. The van der Waals surface area contributed by atoms with Crippen LogP contribution in [0.3, 0.4) is 0 Å². The van der Waals surface area contributed by atoms with Gasteiger partial charge in [0.05, 0.1) is 0 Å². The second-order valence-corrected chi connectivity index (χ2v) is 7.43. The minimum atomic E-state index is -3.94. The van der Waals surface area contributed by atoms with Crippen molar-refractivity contribution in [3.8, 4) is 0 Å². The molecule has 0 saturated heterocycles. The molecular weight excluding hydrogens is 333 g/mol. The van der Waals surface area contributed by atoms with E-state index in [4.69, 9.17) is 22.3 Å². The first-order valence-electron chi connectivity index (χ1n) is 4.71. The Balaban J connectivity index is 2.15. The van der Waals surface area contributed by atoms with Gasteiger partial charge in [-0.3, -0.25) is 10.1 Å². The van der Waals surface area contributed by atoms with Crippen molar-refractivity contribution in [3.63, 3.8) is 0 Å². The van der Waals surface area contributed by atoms with Gasteiger partial charge >= 0.3 is 0 Å². The summed E-state index contributed by atoms with van der Waals surface area (Å²) in [4.78, 5) is 11.8. The van der Waals surface area contributed by atoms with Crippen LogP contribution in [0.25, 0.3) is 0 Å². The average Bonchev–Trinajstić information content (AvgIpc) is 2.78. The van der Waals surface area contributed by atoms with Crippen molar-refractivity contribution in [3.05, 3.63) is 34.9 Å². The first-order valence-corrected chi connectivity index (χ1v) is 8.22. The molecule has 19 heavy (non-hydrogen) atoms. The van der Waals surface area contributed by atoms with E-state index >= 15 is 0 Å². The number of rotatable bonds is 3. The number of anilines is 1. The smallest absolute Gasteiger partial charge is 0.290 e. The van der Waals surface area contributed by atoms with Crippen LogP contribution in [-0.2, 0) is 9.05 Å². The summed E-state index contributed by atoms with van der Waals surface area (Å²) in [6, 6.07) is 6.17. The highest BCUT2D eigenvalue weighted by Gasteiger charge is 2.18. The summed E-state index contributed by atoms with van der Waals surface area (Å²) in [6.45, 7) is 0. The third kappa shape index (κ3) is 3.63. The summed E-state index contributed by atoms with van der Waals surface area (Å²) < 4.78 is 21.6. The number of halogens is 2. The van der Waals surface area contributed by atoms with Crippen molar-refractivity contribution in [1.82, 2.24) is 10.2 Å². The summed E-state index contributed by atoms with van der Waals surface area (Å²) >= 11 is 6.36. The number of benzene rings is 1. The topological polar surface area (TPSA) is 89.0 Å². The molecule has 0 saturated carbocycles. The zero-order chi connectivity index (χ0) is 14.0. The van der Waals surface area contributed by atoms with E-state index in [9.17, 15) is 13.2 Å². The molecule has 1 N–H and O–H groups in total. The fraction of sp³-hybridized carbons (Fsp3) is 0. The molecule has 0 atom stereocenters. The molecule has 0 aliphatic heterocycles. The summed E-state index contributed by atoms with van der Waals surface area (Å²) in [5.74, 6) is -0.452. The molecule has 100 valence electrons. The van der Waals surface area contributed by atoms with E-state index in [1.54, 1.807) is 12.1 Å². The minimum Gasteiger partial charge on any atom is -0.296 e. The summed E-state index contributed by atoms with van der Waals surface area (Å²) in [6.07, 6.45) is 0. The van der Waals surface area contributed by atoms with Gasteiger partial charge in [-0.15, -0.1) is 10.2 Å². The molecule has 0 aliphatic carbocycles. The molecule has 0 unspecified atom stereocenters. The van der Waals surface area contributed by atoms with Gasteiger partial charge < -0.3 is 0 Å². The van der Waals surface area contributed by atoms with E-state index in [1.165, 1.54) is 12.1 Å². The monoisotopic (exact) mass is 337 g/mol. The Morgan fingerprint density at radius 2 is 1.84 bits per heavy atom. The Bertz CT molecular complexity index is 713. The standard InChI is InChI=1S/C9H5Cl2N3O3S2/c10-6-3-1-5(2-4-6)7(15)12-8-13-14-9(18-8)19(11,16)17/h1-4H,(H,12,13,15). The van der Waals surface area contributed by atoms with Gasteiger partial charge in [0.1, 0.15) is 0 Å². The number of amides is 1. The average molecular weight is 338 g/mol. The van der Waals surface area contributed by atoms with Gasteiger partial charge in [-0.2, -0.15) is 0 Å². The first kappa shape index (κ1) is 14.2. The summed E-state index contributed by atoms with van der Waals surface area (Å²) in [5.41, 5.74) is 0.356. The zero-order valence-corrected chi connectivity index (χ0v) is 12.1. The number of hydrogen-bond acceptors (Lipinski definition) is 6. The van der Waals surface area contributed by atoms with E-state index < -0.39 is 15.0 Å². The molecule has 2 aromatic rings. The van der Waals surface area contributed by atoms with Crippen LogP contribution in [0.2, 0.25) is 5.02 Å².